The summed E-state index contributed by atoms with van der Waals surface area (Å²) in [5.41, 5.74) is 1.44. The van der Waals surface area contributed by atoms with Gasteiger partial charge in [0.1, 0.15) is 11.3 Å². The van der Waals surface area contributed by atoms with Gasteiger partial charge in [0, 0.05) is 23.1 Å². The highest BCUT2D eigenvalue weighted by atomic mass is 16.5. The Morgan fingerprint density at radius 1 is 1.10 bits per heavy atom. The van der Waals surface area contributed by atoms with E-state index in [0.29, 0.717) is 11.1 Å². The Kier molecular flexibility index (Phi) is 3.10. The summed E-state index contributed by atoms with van der Waals surface area (Å²) in [4.78, 5) is 23.3. The number of furan rings is 1. The number of benzene rings is 1. The van der Waals surface area contributed by atoms with E-state index in [1.807, 2.05) is 6.92 Å². The molecule has 106 valence electrons. The van der Waals surface area contributed by atoms with Crippen molar-refractivity contribution in [3.05, 3.63) is 63.9 Å². The zero-order valence-electron chi connectivity index (χ0n) is 11.5. The van der Waals surface area contributed by atoms with Crippen LogP contribution in [-0.2, 0) is 0 Å². The van der Waals surface area contributed by atoms with Crippen molar-refractivity contribution in [1.82, 2.24) is 0 Å². The maximum absolute atomic E-state index is 12.0. The monoisotopic (exact) mass is 284 g/mol. The summed E-state index contributed by atoms with van der Waals surface area (Å²) in [6, 6.07) is 8.00. The lowest BCUT2D eigenvalue weighted by molar-refractivity contribution is 0.0700. The molecular formula is C16H12O5. The van der Waals surface area contributed by atoms with Gasteiger partial charge in [-0.05, 0) is 37.6 Å². The number of esters is 1. The fraction of sp³-hybridized carbons (Fsp3) is 0.125. The van der Waals surface area contributed by atoms with Crippen LogP contribution in [0.3, 0.4) is 0 Å². The van der Waals surface area contributed by atoms with Gasteiger partial charge in [0.2, 0.25) is 5.76 Å². The molecule has 1 aromatic carbocycles. The molecule has 0 saturated heterocycles. The number of aryl methyl sites for hydroxylation is 2. The summed E-state index contributed by atoms with van der Waals surface area (Å²) in [5, 5.41) is 0.795. The van der Waals surface area contributed by atoms with Crippen LogP contribution in [0.1, 0.15) is 21.7 Å². The van der Waals surface area contributed by atoms with Gasteiger partial charge in [0.25, 0.3) is 0 Å². The molecule has 0 aliphatic rings. The predicted octanol–water partition coefficient (Wildman–Crippen LogP) is 3.22. The van der Waals surface area contributed by atoms with Gasteiger partial charge in [0.05, 0.1) is 6.26 Å². The number of ether oxygens (including phenoxy) is 1. The van der Waals surface area contributed by atoms with Crippen molar-refractivity contribution < 1.29 is 18.4 Å². The summed E-state index contributed by atoms with van der Waals surface area (Å²) in [5.74, 6) is -0.148. The highest BCUT2D eigenvalue weighted by Crippen LogP contribution is 2.23. The maximum Gasteiger partial charge on any atom is 0.379 e. The van der Waals surface area contributed by atoms with Crippen LogP contribution in [0.2, 0.25) is 0 Å². The highest BCUT2D eigenvalue weighted by molar-refractivity contribution is 5.90. The van der Waals surface area contributed by atoms with E-state index in [2.05, 4.69) is 0 Å². The predicted molar refractivity (Wildman–Crippen MR) is 75.6 cm³/mol. The molecule has 0 fully saturated rings. The van der Waals surface area contributed by atoms with E-state index < -0.39 is 11.6 Å². The largest absolute Gasteiger partial charge is 0.457 e. The number of carbonyl (C=O) groups is 1. The lowest BCUT2D eigenvalue weighted by Gasteiger charge is -2.05. The first kappa shape index (κ1) is 13.2. The van der Waals surface area contributed by atoms with Crippen LogP contribution in [0.25, 0.3) is 11.0 Å². The average Bonchev–Trinajstić information content (AvgIpc) is 2.84. The zero-order valence-corrected chi connectivity index (χ0v) is 11.5. The standard InChI is InChI=1S/C16H12O5/c1-9-5-6-19-15(9)16(18)20-11-3-4-12-10(2)7-14(17)21-13(12)8-11/h3-8H,1-2H3. The summed E-state index contributed by atoms with van der Waals surface area (Å²) in [7, 11) is 0. The van der Waals surface area contributed by atoms with Crippen molar-refractivity contribution in [2.24, 2.45) is 0 Å². The Bertz CT molecular complexity index is 885. The number of carbonyl (C=O) groups excluding carboxylic acids is 1. The van der Waals surface area contributed by atoms with Crippen molar-refractivity contribution in [2.45, 2.75) is 13.8 Å². The van der Waals surface area contributed by atoms with Crippen molar-refractivity contribution in [2.75, 3.05) is 0 Å². The summed E-state index contributed by atoms with van der Waals surface area (Å²) in [6.07, 6.45) is 1.43. The third-order valence-electron chi connectivity index (χ3n) is 3.18. The van der Waals surface area contributed by atoms with E-state index in [1.165, 1.54) is 18.4 Å². The average molecular weight is 284 g/mol. The van der Waals surface area contributed by atoms with Crippen molar-refractivity contribution in [3.63, 3.8) is 0 Å². The van der Waals surface area contributed by atoms with Gasteiger partial charge >= 0.3 is 11.6 Å². The minimum atomic E-state index is -0.591. The SMILES string of the molecule is Cc1ccoc1C(=O)Oc1ccc2c(C)cc(=O)oc2c1. The molecule has 2 aromatic heterocycles. The molecule has 0 N–H and O–H groups in total. The molecule has 0 spiro atoms. The van der Waals surface area contributed by atoms with Crippen LogP contribution >= 0.6 is 0 Å². The van der Waals surface area contributed by atoms with Crippen LogP contribution in [-0.4, -0.2) is 5.97 Å². The lowest BCUT2D eigenvalue weighted by Crippen LogP contribution is -2.08. The third kappa shape index (κ3) is 2.45. The summed E-state index contributed by atoms with van der Waals surface area (Å²) >= 11 is 0. The van der Waals surface area contributed by atoms with Gasteiger partial charge in [-0.3, -0.25) is 0 Å². The molecule has 21 heavy (non-hydrogen) atoms. The normalized spacial score (nSPS) is 10.8. The van der Waals surface area contributed by atoms with E-state index >= 15 is 0 Å². The topological polar surface area (TPSA) is 69.7 Å². The third-order valence-corrected chi connectivity index (χ3v) is 3.18. The molecule has 0 aliphatic carbocycles. The molecule has 0 radical (unpaired) electrons. The fourth-order valence-electron chi connectivity index (χ4n) is 2.10. The van der Waals surface area contributed by atoms with E-state index in [0.717, 1.165) is 10.9 Å². The first-order valence-corrected chi connectivity index (χ1v) is 6.35. The Balaban J connectivity index is 1.97. The minimum Gasteiger partial charge on any atom is -0.457 e. The molecule has 0 bridgehead atoms. The smallest absolute Gasteiger partial charge is 0.379 e. The first-order chi connectivity index (χ1) is 10.0. The van der Waals surface area contributed by atoms with Gasteiger partial charge in [-0.2, -0.15) is 0 Å². The quantitative estimate of drug-likeness (QED) is 0.410. The highest BCUT2D eigenvalue weighted by Gasteiger charge is 2.15. The first-order valence-electron chi connectivity index (χ1n) is 6.35. The maximum atomic E-state index is 12.0. The van der Waals surface area contributed by atoms with Gasteiger partial charge in [-0.25, -0.2) is 9.59 Å². The molecule has 3 aromatic rings. The molecule has 5 nitrogen and oxygen atoms in total. The van der Waals surface area contributed by atoms with Crippen molar-refractivity contribution >= 4 is 16.9 Å². The minimum absolute atomic E-state index is 0.154. The number of fused-ring (bicyclic) bond motifs is 1. The molecule has 0 atom stereocenters. The Hall–Kier alpha value is -2.82. The van der Waals surface area contributed by atoms with E-state index in [4.69, 9.17) is 13.6 Å². The second-order valence-corrected chi connectivity index (χ2v) is 4.73. The fourth-order valence-corrected chi connectivity index (χ4v) is 2.10. The zero-order chi connectivity index (χ0) is 15.0. The Labute approximate surface area is 119 Å². The lowest BCUT2D eigenvalue weighted by atomic mass is 10.1. The number of hydrogen-bond donors (Lipinski definition) is 0. The van der Waals surface area contributed by atoms with Crippen molar-refractivity contribution in [3.8, 4) is 5.75 Å². The van der Waals surface area contributed by atoms with E-state index in [1.54, 1.807) is 25.1 Å². The molecule has 3 rings (SSSR count). The molecular weight excluding hydrogens is 272 g/mol. The van der Waals surface area contributed by atoms with E-state index in [9.17, 15) is 9.59 Å². The van der Waals surface area contributed by atoms with Gasteiger partial charge < -0.3 is 13.6 Å². The second-order valence-electron chi connectivity index (χ2n) is 4.73. The van der Waals surface area contributed by atoms with Crippen LogP contribution < -0.4 is 10.4 Å². The molecule has 0 unspecified atom stereocenters. The Morgan fingerprint density at radius 3 is 2.62 bits per heavy atom. The molecule has 0 saturated carbocycles. The van der Waals surface area contributed by atoms with Crippen LogP contribution in [0.15, 0.2) is 50.2 Å². The van der Waals surface area contributed by atoms with Crippen LogP contribution in [0, 0.1) is 13.8 Å². The second kappa shape index (κ2) is 4.94. The molecule has 0 amide bonds. The molecule has 2 heterocycles. The van der Waals surface area contributed by atoms with Gasteiger partial charge in [0.15, 0.2) is 0 Å². The Morgan fingerprint density at radius 2 is 1.90 bits per heavy atom. The summed E-state index contributed by atoms with van der Waals surface area (Å²) in [6.45, 7) is 3.57. The van der Waals surface area contributed by atoms with Crippen molar-refractivity contribution in [1.29, 1.82) is 0 Å². The number of rotatable bonds is 2. The molecule has 5 heteroatoms. The van der Waals surface area contributed by atoms with Crippen LogP contribution in [0.4, 0.5) is 0 Å². The number of hydrogen-bond acceptors (Lipinski definition) is 5. The van der Waals surface area contributed by atoms with E-state index in [-0.39, 0.29) is 11.5 Å². The van der Waals surface area contributed by atoms with Gasteiger partial charge in [-0.15, -0.1) is 0 Å². The van der Waals surface area contributed by atoms with Crippen LogP contribution in [0.5, 0.6) is 5.75 Å². The summed E-state index contributed by atoms with van der Waals surface area (Å²) < 4.78 is 15.4. The molecule has 0 aliphatic heterocycles. The van der Waals surface area contributed by atoms with Gasteiger partial charge in [-0.1, -0.05) is 0 Å².